The fourth-order valence-corrected chi connectivity index (χ4v) is 4.35. The summed E-state index contributed by atoms with van der Waals surface area (Å²) in [4.78, 5) is 15.3. The van der Waals surface area contributed by atoms with E-state index in [1.165, 1.54) is 11.3 Å². The normalized spacial score (nSPS) is 17.0. The molecule has 1 aliphatic rings. The van der Waals surface area contributed by atoms with Crippen LogP contribution >= 0.6 is 0 Å². The first-order chi connectivity index (χ1) is 14.5. The van der Waals surface area contributed by atoms with E-state index in [2.05, 4.69) is 40.8 Å². The molecule has 1 atom stereocenters. The Balaban J connectivity index is 1.59. The van der Waals surface area contributed by atoms with Crippen LogP contribution in [0.25, 0.3) is 0 Å². The molecule has 1 aromatic heterocycles. The first-order valence-corrected chi connectivity index (χ1v) is 10.7. The van der Waals surface area contributed by atoms with E-state index in [0.29, 0.717) is 29.5 Å². The SMILES string of the molecule is CCn1nc(C)c(CN2CCC[C@H](CNC(=O)c3cccc(OC)c3OC)C2)c1C. The minimum Gasteiger partial charge on any atom is -0.493 e. The summed E-state index contributed by atoms with van der Waals surface area (Å²) < 4.78 is 12.8. The molecule has 3 rings (SSSR count). The summed E-state index contributed by atoms with van der Waals surface area (Å²) in [6.45, 7) is 10.9. The Bertz CT molecular complexity index is 878. The second-order valence-electron chi connectivity index (χ2n) is 7.96. The molecule has 0 spiro atoms. The molecule has 1 aliphatic heterocycles. The Morgan fingerprint density at radius 1 is 1.27 bits per heavy atom. The molecule has 1 amide bonds. The first-order valence-electron chi connectivity index (χ1n) is 10.7. The first kappa shape index (κ1) is 22.2. The Morgan fingerprint density at radius 2 is 2.07 bits per heavy atom. The van der Waals surface area contributed by atoms with Crippen LogP contribution in [-0.4, -0.2) is 54.4 Å². The number of piperidine rings is 1. The van der Waals surface area contributed by atoms with Gasteiger partial charge in [0.2, 0.25) is 0 Å². The van der Waals surface area contributed by atoms with Crippen LogP contribution in [0.1, 0.15) is 47.1 Å². The number of rotatable bonds is 8. The summed E-state index contributed by atoms with van der Waals surface area (Å²) in [5.74, 6) is 1.34. The van der Waals surface area contributed by atoms with Crippen LogP contribution in [0.3, 0.4) is 0 Å². The second-order valence-corrected chi connectivity index (χ2v) is 7.96. The van der Waals surface area contributed by atoms with E-state index in [0.717, 1.165) is 44.7 Å². The zero-order valence-corrected chi connectivity index (χ0v) is 18.8. The van der Waals surface area contributed by atoms with Crippen molar-refractivity contribution in [1.29, 1.82) is 0 Å². The average Bonchev–Trinajstić information content (AvgIpc) is 3.04. The van der Waals surface area contributed by atoms with Gasteiger partial charge in [0, 0.05) is 37.4 Å². The minimum absolute atomic E-state index is 0.126. The number of aromatic nitrogens is 2. The topological polar surface area (TPSA) is 68.6 Å². The van der Waals surface area contributed by atoms with Gasteiger partial charge in [-0.25, -0.2) is 0 Å². The molecule has 1 saturated heterocycles. The summed E-state index contributed by atoms with van der Waals surface area (Å²) >= 11 is 0. The van der Waals surface area contributed by atoms with Gasteiger partial charge < -0.3 is 14.8 Å². The highest BCUT2D eigenvalue weighted by Gasteiger charge is 2.24. The molecule has 1 N–H and O–H groups in total. The summed E-state index contributed by atoms with van der Waals surface area (Å²) in [7, 11) is 3.13. The summed E-state index contributed by atoms with van der Waals surface area (Å²) in [6.07, 6.45) is 2.27. The molecule has 7 nitrogen and oxygen atoms in total. The predicted octanol–water partition coefficient (Wildman–Crippen LogP) is 3.18. The average molecular weight is 415 g/mol. The molecule has 1 aromatic carbocycles. The van der Waals surface area contributed by atoms with Crippen LogP contribution in [0.5, 0.6) is 11.5 Å². The van der Waals surface area contributed by atoms with Crippen molar-refractivity contribution >= 4 is 5.91 Å². The molecule has 0 radical (unpaired) electrons. The molecule has 7 heteroatoms. The van der Waals surface area contributed by atoms with Crippen LogP contribution in [-0.2, 0) is 13.1 Å². The highest BCUT2D eigenvalue weighted by Crippen LogP contribution is 2.30. The number of ether oxygens (including phenoxy) is 2. The Kier molecular flexibility index (Phi) is 7.37. The number of aryl methyl sites for hydroxylation is 2. The van der Waals surface area contributed by atoms with E-state index in [9.17, 15) is 4.79 Å². The minimum atomic E-state index is -0.126. The molecular weight excluding hydrogens is 380 g/mol. The molecule has 0 aliphatic carbocycles. The van der Waals surface area contributed by atoms with Gasteiger partial charge in [-0.1, -0.05) is 6.07 Å². The third kappa shape index (κ3) is 4.78. The van der Waals surface area contributed by atoms with Gasteiger partial charge in [0.25, 0.3) is 5.91 Å². The van der Waals surface area contributed by atoms with Crippen LogP contribution in [0.15, 0.2) is 18.2 Å². The van der Waals surface area contributed by atoms with Crippen molar-refractivity contribution in [2.75, 3.05) is 33.9 Å². The smallest absolute Gasteiger partial charge is 0.255 e. The zero-order chi connectivity index (χ0) is 21.7. The van der Waals surface area contributed by atoms with Crippen LogP contribution in [0.2, 0.25) is 0 Å². The molecule has 0 bridgehead atoms. The van der Waals surface area contributed by atoms with Gasteiger partial charge in [0.05, 0.1) is 25.5 Å². The van der Waals surface area contributed by atoms with E-state index in [1.54, 1.807) is 32.4 Å². The molecule has 2 heterocycles. The number of benzene rings is 1. The lowest BCUT2D eigenvalue weighted by atomic mass is 9.97. The second kappa shape index (κ2) is 9.98. The monoisotopic (exact) mass is 414 g/mol. The van der Waals surface area contributed by atoms with Crippen LogP contribution in [0, 0.1) is 19.8 Å². The number of nitrogens with zero attached hydrogens (tertiary/aromatic N) is 3. The largest absolute Gasteiger partial charge is 0.493 e. The maximum atomic E-state index is 12.8. The van der Waals surface area contributed by atoms with Crippen molar-refractivity contribution in [1.82, 2.24) is 20.0 Å². The van der Waals surface area contributed by atoms with Crippen molar-refractivity contribution in [2.45, 2.75) is 46.7 Å². The van der Waals surface area contributed by atoms with E-state index in [1.807, 2.05) is 0 Å². The van der Waals surface area contributed by atoms with Gasteiger partial charge in [0.15, 0.2) is 11.5 Å². The number of methoxy groups -OCH3 is 2. The quantitative estimate of drug-likeness (QED) is 0.719. The van der Waals surface area contributed by atoms with Crippen molar-refractivity contribution in [3.8, 4) is 11.5 Å². The van der Waals surface area contributed by atoms with E-state index < -0.39 is 0 Å². The molecule has 0 unspecified atom stereocenters. The molecular formula is C23H34N4O3. The van der Waals surface area contributed by atoms with Crippen molar-refractivity contribution < 1.29 is 14.3 Å². The summed E-state index contributed by atoms with van der Waals surface area (Å²) in [6, 6.07) is 5.36. The van der Waals surface area contributed by atoms with E-state index in [4.69, 9.17) is 9.47 Å². The molecule has 164 valence electrons. The van der Waals surface area contributed by atoms with Crippen molar-refractivity contribution in [3.05, 3.63) is 40.7 Å². The zero-order valence-electron chi connectivity index (χ0n) is 18.8. The number of hydrogen-bond acceptors (Lipinski definition) is 5. The van der Waals surface area contributed by atoms with Gasteiger partial charge in [0.1, 0.15) is 0 Å². The van der Waals surface area contributed by atoms with Crippen LogP contribution in [0.4, 0.5) is 0 Å². The Morgan fingerprint density at radius 3 is 2.73 bits per heavy atom. The third-order valence-corrected chi connectivity index (χ3v) is 6.01. The Hall–Kier alpha value is -2.54. The van der Waals surface area contributed by atoms with E-state index in [-0.39, 0.29) is 5.91 Å². The van der Waals surface area contributed by atoms with E-state index >= 15 is 0 Å². The summed E-state index contributed by atoms with van der Waals surface area (Å²) in [5, 5.41) is 7.75. The Labute approximate surface area is 179 Å². The third-order valence-electron chi connectivity index (χ3n) is 6.01. The highest BCUT2D eigenvalue weighted by atomic mass is 16.5. The van der Waals surface area contributed by atoms with Crippen molar-refractivity contribution in [2.24, 2.45) is 5.92 Å². The van der Waals surface area contributed by atoms with Crippen molar-refractivity contribution in [3.63, 3.8) is 0 Å². The lowest BCUT2D eigenvalue weighted by molar-refractivity contribution is 0.0927. The number of likely N-dealkylation sites (tertiary alicyclic amines) is 1. The van der Waals surface area contributed by atoms with Gasteiger partial charge >= 0.3 is 0 Å². The van der Waals surface area contributed by atoms with Gasteiger partial charge in [-0.15, -0.1) is 0 Å². The lowest BCUT2D eigenvalue weighted by Crippen LogP contribution is -2.40. The van der Waals surface area contributed by atoms with Gasteiger partial charge in [-0.3, -0.25) is 14.4 Å². The number of hydrogen-bond donors (Lipinski definition) is 1. The number of para-hydroxylation sites is 1. The fraction of sp³-hybridized carbons (Fsp3) is 0.565. The standard InChI is InChI=1S/C23H34N4O3/c1-6-27-17(3)20(16(2)25-27)15-26-12-8-9-18(14-26)13-24-23(28)19-10-7-11-21(29-4)22(19)30-5/h7,10-11,18H,6,8-9,12-15H2,1-5H3,(H,24,28)/t18-/m1/s1. The molecule has 30 heavy (non-hydrogen) atoms. The van der Waals surface area contributed by atoms with Gasteiger partial charge in [-0.05, 0) is 58.2 Å². The molecule has 0 saturated carbocycles. The number of carbonyl (C=O) groups excluding carboxylic acids is 1. The molecule has 2 aromatic rings. The molecule has 1 fully saturated rings. The number of nitrogens with one attached hydrogen (secondary N) is 1. The highest BCUT2D eigenvalue weighted by molar-refractivity contribution is 5.97. The lowest BCUT2D eigenvalue weighted by Gasteiger charge is -2.33. The summed E-state index contributed by atoms with van der Waals surface area (Å²) in [5.41, 5.74) is 4.22. The number of amides is 1. The van der Waals surface area contributed by atoms with Gasteiger partial charge in [-0.2, -0.15) is 5.10 Å². The van der Waals surface area contributed by atoms with Crippen LogP contribution < -0.4 is 14.8 Å². The predicted molar refractivity (Wildman–Crippen MR) is 117 cm³/mol. The maximum absolute atomic E-state index is 12.8. The maximum Gasteiger partial charge on any atom is 0.255 e. The number of carbonyl (C=O) groups is 1. The fourth-order valence-electron chi connectivity index (χ4n) is 4.35.